The molecule has 0 saturated heterocycles. The Labute approximate surface area is 309 Å². The van der Waals surface area contributed by atoms with E-state index in [1.807, 2.05) is 0 Å². The number of hydrogen-bond donors (Lipinski definition) is 0. The van der Waals surface area contributed by atoms with Crippen LogP contribution in [-0.2, 0) is 0 Å². The molecule has 0 spiro atoms. The van der Waals surface area contributed by atoms with Crippen LogP contribution in [0.15, 0.2) is 174 Å². The molecule has 9 aromatic carbocycles. The molecule has 1 aromatic heterocycles. The number of benzene rings is 9. The average Bonchev–Trinajstić information content (AvgIpc) is 3.77. The van der Waals surface area contributed by atoms with Crippen molar-refractivity contribution in [2.24, 2.45) is 0 Å². The predicted octanol–water partition coefficient (Wildman–Crippen LogP) is 13.2. The van der Waals surface area contributed by atoms with Gasteiger partial charge in [-0.2, -0.15) is 0 Å². The first kappa shape index (κ1) is 11.0. The monoisotopic (exact) mass is 623 g/mol. The van der Waals surface area contributed by atoms with Crippen molar-refractivity contribution in [3.63, 3.8) is 0 Å². The predicted molar refractivity (Wildman–Crippen MR) is 200 cm³/mol. The van der Waals surface area contributed by atoms with Gasteiger partial charge in [-0.1, -0.05) is 151 Å². The van der Waals surface area contributed by atoms with Crippen LogP contribution in [0.25, 0.3) is 98.4 Å². The maximum atomic E-state index is 9.68. The van der Waals surface area contributed by atoms with Crippen molar-refractivity contribution in [2.75, 3.05) is 0 Å². The number of rotatable bonds is 3. The molecule has 0 unspecified atom stereocenters. The summed E-state index contributed by atoms with van der Waals surface area (Å²) < 4.78 is 248. The Morgan fingerprint density at radius 3 is 1.64 bits per heavy atom. The van der Waals surface area contributed by atoms with Crippen LogP contribution >= 0.6 is 0 Å². The Bertz CT molecular complexity index is 4280. The van der Waals surface area contributed by atoms with Gasteiger partial charge in [-0.25, -0.2) is 0 Å². The van der Waals surface area contributed by atoms with E-state index in [9.17, 15) is 13.7 Å². The van der Waals surface area contributed by atoms with Crippen molar-refractivity contribution in [3.05, 3.63) is 169 Å². The van der Waals surface area contributed by atoms with Crippen LogP contribution in [0.3, 0.4) is 0 Å². The third-order valence-electron chi connectivity index (χ3n) is 7.85. The summed E-state index contributed by atoms with van der Waals surface area (Å²) in [6.07, 6.45) is 0. The zero-order valence-electron chi connectivity index (χ0n) is 50.5. The zero-order valence-corrected chi connectivity index (χ0v) is 23.5. The molecular weight excluding hydrogens is 569 g/mol. The van der Waals surface area contributed by atoms with Gasteiger partial charge in [-0.05, 0) is 94.6 Å². The molecule has 1 heteroatoms. The lowest BCUT2D eigenvalue weighted by Gasteiger charge is -2.18. The maximum Gasteiger partial charge on any atom is 0.136 e. The Hall–Kier alpha value is -6.18. The maximum absolute atomic E-state index is 9.68. The third kappa shape index (κ3) is 3.97. The third-order valence-corrected chi connectivity index (χ3v) is 7.85. The highest BCUT2D eigenvalue weighted by molar-refractivity contribution is 6.22. The lowest BCUT2D eigenvalue weighted by molar-refractivity contribution is 0.669. The summed E-state index contributed by atoms with van der Waals surface area (Å²) in [6, 6.07) is -22.3. The molecule has 47 heavy (non-hydrogen) atoms. The second-order valence-electron chi connectivity index (χ2n) is 10.3. The van der Waals surface area contributed by atoms with Gasteiger partial charge in [-0.15, -0.1) is 0 Å². The summed E-state index contributed by atoms with van der Waals surface area (Å²) in [6.45, 7) is 0. The standard InChI is InChI=1S/C46H28O/c1-2-11-34-29(10-1)22-25-32-28-33(26-27-35(32)34)45-39-14-5-3-12-37(39)44(38-13-4-6-15-40(38)45)31-23-20-30(21-24-31)36-17-9-19-43-46(36)41-16-7-8-18-42(41)47-43/h1-28H/i1D,2D,3D,4D,5D,6D,7D,8D,9D,10D,11D,12D,13D,14D,15D,16D,17D,18D,19D,20D,21D,22D,23D,24D,25D,26D,28D. The largest absolute Gasteiger partial charge is 0.456 e. The van der Waals surface area contributed by atoms with Gasteiger partial charge < -0.3 is 4.42 Å². The van der Waals surface area contributed by atoms with E-state index >= 15 is 0 Å². The van der Waals surface area contributed by atoms with Gasteiger partial charge >= 0.3 is 0 Å². The Balaban J connectivity index is 1.44. The van der Waals surface area contributed by atoms with Gasteiger partial charge in [0, 0.05) is 10.8 Å². The minimum Gasteiger partial charge on any atom is -0.456 e. The fourth-order valence-corrected chi connectivity index (χ4v) is 5.84. The summed E-state index contributed by atoms with van der Waals surface area (Å²) in [5.74, 6) is 0. The van der Waals surface area contributed by atoms with E-state index in [1.54, 1.807) is 0 Å². The van der Waals surface area contributed by atoms with E-state index in [4.69, 9.17) is 27.7 Å². The van der Waals surface area contributed by atoms with Gasteiger partial charge in [0.15, 0.2) is 0 Å². The molecule has 0 aliphatic heterocycles. The SMILES string of the molecule is [2H]c1cc2c(c([2H])c1-c1c3c([2H])c([2H])c([2H])c([2H])c3c(-c3c([2H])c([2H])c(-c4c([2H])c([2H])c([2H])c5oc6c([2H])c([2H])c([2H])c([2H])c6c45)c([2H])c3[2H])c3c([2H])c([2H])c([2H])c([2H])c13)c([2H])c([2H])c1c([2H])c([2H])c([2H])c([2H])c12. The first-order valence-electron chi connectivity index (χ1n) is 27.5. The van der Waals surface area contributed by atoms with Gasteiger partial charge in [0.2, 0.25) is 0 Å². The molecule has 10 aromatic rings. The smallest absolute Gasteiger partial charge is 0.136 e. The van der Waals surface area contributed by atoms with Crippen LogP contribution in [0.1, 0.15) is 37.0 Å². The summed E-state index contributed by atoms with van der Waals surface area (Å²) in [5.41, 5.74) is -5.30. The van der Waals surface area contributed by atoms with Crippen molar-refractivity contribution < 1.29 is 41.4 Å². The molecule has 10 rings (SSSR count). The van der Waals surface area contributed by atoms with Crippen molar-refractivity contribution in [2.45, 2.75) is 0 Å². The lowest BCUT2D eigenvalue weighted by Crippen LogP contribution is -1.91. The number of furan rings is 1. The van der Waals surface area contributed by atoms with Crippen LogP contribution < -0.4 is 0 Å². The van der Waals surface area contributed by atoms with E-state index in [2.05, 4.69) is 0 Å². The number of fused-ring (bicyclic) bond motifs is 8. The van der Waals surface area contributed by atoms with Crippen molar-refractivity contribution >= 4 is 65.0 Å². The first-order chi connectivity index (χ1) is 34.6. The summed E-state index contributed by atoms with van der Waals surface area (Å²) in [7, 11) is 0. The molecule has 0 aliphatic carbocycles. The molecule has 0 aliphatic rings. The molecule has 0 radical (unpaired) electrons. The lowest BCUT2D eigenvalue weighted by atomic mass is 9.85. The normalized spacial score (nSPS) is 19.9. The number of hydrogen-bond acceptors (Lipinski definition) is 1. The molecule has 0 amide bonds. The summed E-state index contributed by atoms with van der Waals surface area (Å²) in [5, 5.41) is -5.12. The Morgan fingerprint density at radius 2 is 0.915 bits per heavy atom. The summed E-state index contributed by atoms with van der Waals surface area (Å²) >= 11 is 0. The average molecular weight is 624 g/mol. The molecule has 218 valence electrons. The zero-order chi connectivity index (χ0) is 54.4. The first-order valence-corrected chi connectivity index (χ1v) is 14.0. The minimum atomic E-state index is -1.06. The van der Waals surface area contributed by atoms with Gasteiger partial charge in [0.1, 0.15) is 11.2 Å². The van der Waals surface area contributed by atoms with Gasteiger partial charge in [-0.3, -0.25) is 0 Å². The Morgan fingerprint density at radius 1 is 0.362 bits per heavy atom. The molecule has 0 N–H and O–H groups in total. The van der Waals surface area contributed by atoms with Crippen molar-refractivity contribution in [1.82, 2.24) is 0 Å². The molecule has 0 saturated carbocycles. The van der Waals surface area contributed by atoms with E-state index in [-0.39, 0.29) is 10.8 Å². The second kappa shape index (κ2) is 10.2. The van der Waals surface area contributed by atoms with Crippen LogP contribution in [0.5, 0.6) is 0 Å². The topological polar surface area (TPSA) is 13.1 Å². The van der Waals surface area contributed by atoms with Crippen LogP contribution in [0, 0.1) is 0 Å². The minimum absolute atomic E-state index is 0.267. The molecular formula is C46H28O. The van der Waals surface area contributed by atoms with E-state index in [0.29, 0.717) is 0 Å². The van der Waals surface area contributed by atoms with Crippen LogP contribution in [0.4, 0.5) is 0 Å². The van der Waals surface area contributed by atoms with Gasteiger partial charge in [0.25, 0.3) is 0 Å². The highest BCUT2D eigenvalue weighted by Crippen LogP contribution is 2.45. The fraction of sp³-hybridized carbons (Fsp3) is 0. The molecule has 0 atom stereocenters. The van der Waals surface area contributed by atoms with Crippen molar-refractivity contribution in [1.29, 1.82) is 0 Å². The quantitative estimate of drug-likeness (QED) is 0.141. The molecule has 0 fully saturated rings. The molecule has 1 nitrogen and oxygen atoms in total. The number of para-hydroxylation sites is 1. The van der Waals surface area contributed by atoms with E-state index in [0.717, 1.165) is 6.07 Å². The fourth-order valence-electron chi connectivity index (χ4n) is 5.84. The van der Waals surface area contributed by atoms with Crippen LogP contribution in [-0.4, -0.2) is 0 Å². The molecule has 1 heterocycles. The highest BCUT2D eigenvalue weighted by Gasteiger charge is 2.18. The summed E-state index contributed by atoms with van der Waals surface area (Å²) in [4.78, 5) is 0. The second-order valence-corrected chi connectivity index (χ2v) is 10.3. The van der Waals surface area contributed by atoms with E-state index < -0.39 is 251 Å². The molecule has 0 bridgehead atoms. The highest BCUT2D eigenvalue weighted by atomic mass is 16.3. The van der Waals surface area contributed by atoms with Gasteiger partial charge in [0.05, 0.1) is 37.0 Å². The Kier molecular flexibility index (Phi) is 2.37. The van der Waals surface area contributed by atoms with Crippen molar-refractivity contribution in [3.8, 4) is 33.4 Å². The van der Waals surface area contributed by atoms with Crippen LogP contribution in [0.2, 0.25) is 0 Å². The van der Waals surface area contributed by atoms with E-state index in [1.165, 1.54) is 0 Å².